The molecule has 1 heterocycles. The molecule has 0 unspecified atom stereocenters. The van der Waals surface area contributed by atoms with Crippen LogP contribution in [0.15, 0.2) is 4.99 Å². The Kier molecular flexibility index (Phi) is 1.98. The molecule has 62 valence electrons. The summed E-state index contributed by atoms with van der Waals surface area (Å²) in [5.41, 5.74) is -0.0659. The van der Waals surface area contributed by atoms with Crippen LogP contribution < -0.4 is 0 Å². The van der Waals surface area contributed by atoms with Crippen LogP contribution in [0.4, 0.5) is 0 Å². The Hall–Kier alpha value is -0.860. The minimum absolute atomic E-state index is 0.0313. The molecule has 1 aliphatic rings. The van der Waals surface area contributed by atoms with Gasteiger partial charge in [0, 0.05) is 12.1 Å². The van der Waals surface area contributed by atoms with Gasteiger partial charge in [-0.1, -0.05) is 0 Å². The minimum Gasteiger partial charge on any atom is -0.331 e. The lowest BCUT2D eigenvalue weighted by atomic mass is 10.1. The first kappa shape index (κ1) is 8.24. The van der Waals surface area contributed by atoms with Crippen LogP contribution in [0.3, 0.4) is 0 Å². The molecule has 0 spiro atoms. The summed E-state index contributed by atoms with van der Waals surface area (Å²) in [6.07, 6.45) is 1.41. The van der Waals surface area contributed by atoms with Crippen molar-refractivity contribution in [3.8, 4) is 0 Å². The molecule has 0 fully saturated rings. The summed E-state index contributed by atoms with van der Waals surface area (Å²) < 4.78 is 0. The predicted molar refractivity (Wildman–Crippen MR) is 44.8 cm³/mol. The van der Waals surface area contributed by atoms with Crippen LogP contribution >= 0.6 is 0 Å². The SMILES string of the molecule is CC(C)(C)N1CCN=CC1=O. The number of aliphatic imine (C=N–C) groups is 1. The van der Waals surface area contributed by atoms with Gasteiger partial charge in [-0.15, -0.1) is 0 Å². The first-order valence-electron chi connectivity index (χ1n) is 3.83. The van der Waals surface area contributed by atoms with E-state index in [4.69, 9.17) is 0 Å². The van der Waals surface area contributed by atoms with Gasteiger partial charge >= 0.3 is 0 Å². The van der Waals surface area contributed by atoms with Gasteiger partial charge in [0.15, 0.2) is 0 Å². The van der Waals surface area contributed by atoms with Crippen LogP contribution in [0.25, 0.3) is 0 Å². The number of hydrogen-bond donors (Lipinski definition) is 0. The summed E-state index contributed by atoms with van der Waals surface area (Å²) in [7, 11) is 0. The fourth-order valence-corrected chi connectivity index (χ4v) is 1.15. The highest BCUT2D eigenvalue weighted by molar-refractivity contribution is 6.26. The summed E-state index contributed by atoms with van der Waals surface area (Å²) in [4.78, 5) is 17.0. The molecule has 0 bridgehead atoms. The topological polar surface area (TPSA) is 32.7 Å². The molecular weight excluding hydrogens is 140 g/mol. The smallest absolute Gasteiger partial charge is 0.265 e. The zero-order chi connectivity index (χ0) is 8.48. The zero-order valence-electron chi connectivity index (χ0n) is 7.29. The van der Waals surface area contributed by atoms with E-state index in [-0.39, 0.29) is 11.4 Å². The quantitative estimate of drug-likeness (QED) is 0.505. The Morgan fingerprint density at radius 2 is 2.18 bits per heavy atom. The molecule has 1 amide bonds. The Morgan fingerprint density at radius 3 is 2.55 bits per heavy atom. The van der Waals surface area contributed by atoms with E-state index >= 15 is 0 Å². The molecule has 0 aromatic carbocycles. The van der Waals surface area contributed by atoms with Gasteiger partial charge in [-0.2, -0.15) is 0 Å². The second-order valence-electron chi connectivity index (χ2n) is 3.70. The van der Waals surface area contributed by atoms with Crippen molar-refractivity contribution in [3.63, 3.8) is 0 Å². The lowest BCUT2D eigenvalue weighted by Crippen LogP contribution is -2.49. The predicted octanol–water partition coefficient (Wildman–Crippen LogP) is 0.698. The molecular formula is C8H14N2O. The third kappa shape index (κ3) is 1.79. The van der Waals surface area contributed by atoms with Crippen LogP contribution in [0, 0.1) is 0 Å². The summed E-state index contributed by atoms with van der Waals surface area (Å²) in [5, 5.41) is 0. The second-order valence-corrected chi connectivity index (χ2v) is 3.70. The first-order valence-corrected chi connectivity index (χ1v) is 3.83. The van der Waals surface area contributed by atoms with Gasteiger partial charge < -0.3 is 4.90 Å². The van der Waals surface area contributed by atoms with Crippen molar-refractivity contribution in [3.05, 3.63) is 0 Å². The number of hydrogen-bond acceptors (Lipinski definition) is 2. The van der Waals surface area contributed by atoms with Gasteiger partial charge in [0.05, 0.1) is 12.8 Å². The molecule has 0 N–H and O–H groups in total. The molecule has 0 aromatic rings. The van der Waals surface area contributed by atoms with E-state index in [1.165, 1.54) is 6.21 Å². The van der Waals surface area contributed by atoms with Crippen molar-refractivity contribution in [2.75, 3.05) is 13.1 Å². The van der Waals surface area contributed by atoms with Gasteiger partial charge in [0.25, 0.3) is 5.91 Å². The molecule has 3 heteroatoms. The third-order valence-corrected chi connectivity index (χ3v) is 1.73. The lowest BCUT2D eigenvalue weighted by molar-refractivity contribution is -0.128. The maximum atomic E-state index is 11.2. The average Bonchev–Trinajstić information content (AvgIpc) is 1.86. The van der Waals surface area contributed by atoms with Gasteiger partial charge in [-0.3, -0.25) is 9.79 Å². The van der Waals surface area contributed by atoms with Gasteiger partial charge in [0.2, 0.25) is 0 Å². The van der Waals surface area contributed by atoms with Crippen molar-refractivity contribution in [1.29, 1.82) is 0 Å². The highest BCUT2D eigenvalue weighted by Crippen LogP contribution is 2.13. The summed E-state index contributed by atoms with van der Waals surface area (Å²) >= 11 is 0. The Bertz CT molecular complexity index is 191. The van der Waals surface area contributed by atoms with Crippen molar-refractivity contribution >= 4 is 12.1 Å². The van der Waals surface area contributed by atoms with Gasteiger partial charge in [-0.25, -0.2) is 0 Å². The average molecular weight is 154 g/mol. The largest absolute Gasteiger partial charge is 0.331 e. The van der Waals surface area contributed by atoms with Crippen molar-refractivity contribution in [2.24, 2.45) is 4.99 Å². The normalized spacial score (nSPS) is 19.2. The van der Waals surface area contributed by atoms with Crippen molar-refractivity contribution in [1.82, 2.24) is 4.90 Å². The lowest BCUT2D eigenvalue weighted by Gasteiger charge is -2.35. The number of carbonyl (C=O) groups excluding carboxylic acids is 1. The van der Waals surface area contributed by atoms with Crippen LogP contribution in [0.5, 0.6) is 0 Å². The Balaban J connectivity index is 2.74. The standard InChI is InChI=1S/C8H14N2O/c1-8(2,3)10-5-4-9-6-7(10)11/h6H,4-5H2,1-3H3. The molecule has 1 aliphatic heterocycles. The maximum absolute atomic E-state index is 11.2. The van der Waals surface area contributed by atoms with Crippen LogP contribution in [0.2, 0.25) is 0 Å². The fraction of sp³-hybridized carbons (Fsp3) is 0.750. The van der Waals surface area contributed by atoms with E-state index < -0.39 is 0 Å². The van der Waals surface area contributed by atoms with E-state index in [1.54, 1.807) is 0 Å². The van der Waals surface area contributed by atoms with E-state index in [0.717, 1.165) is 13.1 Å². The van der Waals surface area contributed by atoms with Gasteiger partial charge in [-0.05, 0) is 20.8 Å². The van der Waals surface area contributed by atoms with Crippen molar-refractivity contribution < 1.29 is 4.79 Å². The molecule has 0 atom stereocenters. The molecule has 0 saturated carbocycles. The Labute approximate surface area is 67.1 Å². The fourth-order valence-electron chi connectivity index (χ4n) is 1.15. The third-order valence-electron chi connectivity index (χ3n) is 1.73. The van der Waals surface area contributed by atoms with Crippen LogP contribution in [-0.4, -0.2) is 35.7 Å². The number of nitrogens with zero attached hydrogens (tertiary/aromatic N) is 2. The summed E-state index contributed by atoms with van der Waals surface area (Å²) in [5.74, 6) is 0.0313. The molecule has 0 radical (unpaired) electrons. The Morgan fingerprint density at radius 1 is 1.55 bits per heavy atom. The second kappa shape index (κ2) is 2.64. The zero-order valence-corrected chi connectivity index (χ0v) is 7.29. The monoisotopic (exact) mass is 154 g/mol. The van der Waals surface area contributed by atoms with E-state index in [9.17, 15) is 4.79 Å². The van der Waals surface area contributed by atoms with Crippen LogP contribution in [-0.2, 0) is 4.79 Å². The van der Waals surface area contributed by atoms with Crippen LogP contribution in [0.1, 0.15) is 20.8 Å². The van der Waals surface area contributed by atoms with Gasteiger partial charge in [0.1, 0.15) is 0 Å². The molecule has 3 nitrogen and oxygen atoms in total. The molecule has 0 aliphatic carbocycles. The first-order chi connectivity index (χ1) is 5.02. The number of carbonyl (C=O) groups is 1. The molecule has 0 aromatic heterocycles. The highest BCUT2D eigenvalue weighted by Gasteiger charge is 2.26. The molecule has 0 saturated heterocycles. The summed E-state index contributed by atoms with van der Waals surface area (Å²) in [6.45, 7) is 7.58. The minimum atomic E-state index is -0.0659. The molecule has 1 rings (SSSR count). The van der Waals surface area contributed by atoms with E-state index in [0.29, 0.717) is 0 Å². The van der Waals surface area contributed by atoms with E-state index in [2.05, 4.69) is 4.99 Å². The summed E-state index contributed by atoms with van der Waals surface area (Å²) in [6, 6.07) is 0. The number of rotatable bonds is 0. The highest BCUT2D eigenvalue weighted by atomic mass is 16.2. The van der Waals surface area contributed by atoms with Crippen molar-refractivity contribution in [2.45, 2.75) is 26.3 Å². The number of amides is 1. The van der Waals surface area contributed by atoms with E-state index in [1.807, 2.05) is 25.7 Å². The maximum Gasteiger partial charge on any atom is 0.265 e. The molecule has 11 heavy (non-hydrogen) atoms.